The van der Waals surface area contributed by atoms with E-state index in [0.29, 0.717) is 12.5 Å². The lowest BCUT2D eigenvalue weighted by molar-refractivity contribution is 0.744. The molecule has 17 heavy (non-hydrogen) atoms. The van der Waals surface area contributed by atoms with Crippen molar-refractivity contribution < 1.29 is 0 Å². The van der Waals surface area contributed by atoms with Crippen LogP contribution in [-0.4, -0.2) is 31.6 Å². The largest absolute Gasteiger partial charge is 0.337 e. The van der Waals surface area contributed by atoms with E-state index in [1.165, 1.54) is 0 Å². The van der Waals surface area contributed by atoms with Crippen molar-refractivity contribution in [2.24, 2.45) is 7.05 Å². The molecule has 2 aromatic rings. The lowest BCUT2D eigenvalue weighted by Crippen LogP contribution is -2.21. The lowest BCUT2D eigenvalue weighted by Gasteiger charge is -2.16. The standard InChI is InChI=1S/C9H10Cl2N6/c1-16-4-3-12-6(16)5-17(2)9-14-7(10)13-8(11)15-9/h3-4H,5H2,1-2H3. The van der Waals surface area contributed by atoms with Gasteiger partial charge in [0.05, 0.1) is 6.54 Å². The molecule has 0 aliphatic carbocycles. The summed E-state index contributed by atoms with van der Waals surface area (Å²) in [6.07, 6.45) is 3.60. The van der Waals surface area contributed by atoms with E-state index in [1.54, 1.807) is 11.1 Å². The van der Waals surface area contributed by atoms with E-state index in [9.17, 15) is 0 Å². The third-order valence-electron chi connectivity index (χ3n) is 2.21. The van der Waals surface area contributed by atoms with Gasteiger partial charge in [-0.1, -0.05) is 0 Å². The molecular weight excluding hydrogens is 263 g/mol. The van der Waals surface area contributed by atoms with Crippen LogP contribution >= 0.6 is 23.2 Å². The van der Waals surface area contributed by atoms with E-state index in [0.717, 1.165) is 5.82 Å². The summed E-state index contributed by atoms with van der Waals surface area (Å²) in [6, 6.07) is 0. The Morgan fingerprint density at radius 1 is 1.24 bits per heavy atom. The molecule has 0 aromatic carbocycles. The quantitative estimate of drug-likeness (QED) is 0.849. The minimum Gasteiger partial charge on any atom is -0.337 e. The third-order valence-corrected chi connectivity index (χ3v) is 2.55. The molecule has 2 rings (SSSR count). The Morgan fingerprint density at radius 2 is 1.88 bits per heavy atom. The van der Waals surface area contributed by atoms with Gasteiger partial charge in [0.1, 0.15) is 5.82 Å². The maximum absolute atomic E-state index is 5.71. The van der Waals surface area contributed by atoms with Crippen molar-refractivity contribution in [3.05, 3.63) is 28.8 Å². The number of aromatic nitrogens is 5. The predicted octanol–water partition coefficient (Wildman–Crippen LogP) is 1.55. The molecule has 0 N–H and O–H groups in total. The third kappa shape index (κ3) is 2.83. The van der Waals surface area contributed by atoms with E-state index in [1.807, 2.05) is 24.9 Å². The molecule has 2 heterocycles. The highest BCUT2D eigenvalue weighted by molar-refractivity contribution is 6.31. The van der Waals surface area contributed by atoms with Crippen LogP contribution in [0.4, 0.5) is 5.95 Å². The van der Waals surface area contributed by atoms with Crippen molar-refractivity contribution in [3.8, 4) is 0 Å². The van der Waals surface area contributed by atoms with Crippen molar-refractivity contribution in [1.29, 1.82) is 0 Å². The van der Waals surface area contributed by atoms with Crippen LogP contribution in [-0.2, 0) is 13.6 Å². The van der Waals surface area contributed by atoms with Crippen LogP contribution in [0.3, 0.4) is 0 Å². The molecule has 0 unspecified atom stereocenters. The van der Waals surface area contributed by atoms with Crippen LogP contribution in [0.25, 0.3) is 0 Å². The van der Waals surface area contributed by atoms with Crippen LogP contribution in [0, 0.1) is 0 Å². The van der Waals surface area contributed by atoms with Crippen LogP contribution in [0.5, 0.6) is 0 Å². The highest BCUT2D eigenvalue weighted by atomic mass is 35.5. The number of nitrogens with zero attached hydrogens (tertiary/aromatic N) is 6. The first-order valence-corrected chi connectivity index (χ1v) is 5.56. The van der Waals surface area contributed by atoms with Gasteiger partial charge in [0.2, 0.25) is 16.5 Å². The number of aryl methyl sites for hydroxylation is 1. The van der Waals surface area contributed by atoms with Gasteiger partial charge in [-0.15, -0.1) is 0 Å². The molecular formula is C9H10Cl2N6. The Bertz CT molecular complexity index is 506. The number of anilines is 1. The summed E-state index contributed by atoms with van der Waals surface area (Å²) in [5.74, 6) is 1.30. The molecule has 0 saturated heterocycles. The first kappa shape index (κ1) is 12.1. The molecule has 0 radical (unpaired) electrons. The monoisotopic (exact) mass is 272 g/mol. The van der Waals surface area contributed by atoms with Crippen LogP contribution in [0.15, 0.2) is 12.4 Å². The second-order valence-electron chi connectivity index (χ2n) is 3.48. The molecule has 0 aliphatic heterocycles. The summed E-state index contributed by atoms with van der Waals surface area (Å²) in [5, 5.41) is 0.151. The fourth-order valence-corrected chi connectivity index (χ4v) is 1.67. The maximum Gasteiger partial charge on any atom is 0.231 e. The highest BCUT2D eigenvalue weighted by Crippen LogP contribution is 2.14. The molecule has 0 spiro atoms. The molecule has 8 heteroatoms. The van der Waals surface area contributed by atoms with Gasteiger partial charge in [-0.25, -0.2) is 4.98 Å². The molecule has 2 aromatic heterocycles. The summed E-state index contributed by atoms with van der Waals surface area (Å²) >= 11 is 11.4. The Hall–Kier alpha value is -1.40. The Labute approximate surface area is 108 Å². The van der Waals surface area contributed by atoms with Gasteiger partial charge in [0, 0.05) is 26.5 Å². The second-order valence-corrected chi connectivity index (χ2v) is 4.16. The van der Waals surface area contributed by atoms with Gasteiger partial charge >= 0.3 is 0 Å². The summed E-state index contributed by atoms with van der Waals surface area (Å²) in [6.45, 7) is 0.556. The molecule has 0 aliphatic rings. The molecule has 0 atom stereocenters. The zero-order valence-corrected chi connectivity index (χ0v) is 10.8. The first-order valence-electron chi connectivity index (χ1n) is 4.80. The van der Waals surface area contributed by atoms with Gasteiger partial charge in [0.15, 0.2) is 0 Å². The molecule has 90 valence electrons. The number of hydrogen-bond donors (Lipinski definition) is 0. The number of hydrogen-bond acceptors (Lipinski definition) is 5. The Kier molecular flexibility index (Phi) is 3.44. The first-order chi connectivity index (χ1) is 8.06. The van der Waals surface area contributed by atoms with Crippen LogP contribution in [0.2, 0.25) is 10.6 Å². The van der Waals surface area contributed by atoms with Crippen LogP contribution < -0.4 is 4.90 Å². The SMILES string of the molecule is CN(Cc1nccn1C)c1nc(Cl)nc(Cl)n1. The van der Waals surface area contributed by atoms with Crippen molar-refractivity contribution >= 4 is 29.2 Å². The molecule has 6 nitrogen and oxygen atoms in total. The average molecular weight is 273 g/mol. The van der Waals surface area contributed by atoms with Gasteiger partial charge in [-0.3, -0.25) is 0 Å². The fraction of sp³-hybridized carbons (Fsp3) is 0.333. The van der Waals surface area contributed by atoms with Crippen molar-refractivity contribution in [2.75, 3.05) is 11.9 Å². The smallest absolute Gasteiger partial charge is 0.231 e. The van der Waals surface area contributed by atoms with E-state index >= 15 is 0 Å². The average Bonchev–Trinajstić information content (AvgIpc) is 2.63. The molecule has 0 amide bonds. The van der Waals surface area contributed by atoms with Gasteiger partial charge in [-0.05, 0) is 23.2 Å². The molecule has 0 saturated carbocycles. The number of rotatable bonds is 3. The predicted molar refractivity (Wildman–Crippen MR) is 65.2 cm³/mol. The number of halogens is 2. The molecule has 0 bridgehead atoms. The van der Waals surface area contributed by atoms with Gasteiger partial charge in [0.25, 0.3) is 0 Å². The van der Waals surface area contributed by atoms with Crippen molar-refractivity contribution in [2.45, 2.75) is 6.54 Å². The van der Waals surface area contributed by atoms with Crippen molar-refractivity contribution in [1.82, 2.24) is 24.5 Å². The van der Waals surface area contributed by atoms with Gasteiger partial charge in [-0.2, -0.15) is 15.0 Å². The van der Waals surface area contributed by atoms with Crippen molar-refractivity contribution in [3.63, 3.8) is 0 Å². The van der Waals surface area contributed by atoms with Gasteiger partial charge < -0.3 is 9.47 Å². The van der Waals surface area contributed by atoms with E-state index < -0.39 is 0 Å². The summed E-state index contributed by atoms with van der Waals surface area (Å²) in [5.41, 5.74) is 0. The van der Waals surface area contributed by atoms with Crippen LogP contribution in [0.1, 0.15) is 5.82 Å². The summed E-state index contributed by atoms with van der Waals surface area (Å²) < 4.78 is 1.92. The zero-order chi connectivity index (χ0) is 12.4. The number of imidazole rings is 1. The highest BCUT2D eigenvalue weighted by Gasteiger charge is 2.10. The Balaban J connectivity index is 2.20. The Morgan fingerprint density at radius 3 is 2.41 bits per heavy atom. The normalized spacial score (nSPS) is 10.6. The summed E-state index contributed by atoms with van der Waals surface area (Å²) in [7, 11) is 3.75. The summed E-state index contributed by atoms with van der Waals surface area (Å²) in [4.78, 5) is 17.7. The fourth-order valence-electron chi connectivity index (χ4n) is 1.32. The second kappa shape index (κ2) is 4.85. The van der Waals surface area contributed by atoms with E-state index in [4.69, 9.17) is 23.2 Å². The minimum atomic E-state index is 0.0756. The zero-order valence-electron chi connectivity index (χ0n) is 9.30. The van der Waals surface area contributed by atoms with E-state index in [-0.39, 0.29) is 10.6 Å². The lowest BCUT2D eigenvalue weighted by atomic mass is 10.5. The van der Waals surface area contributed by atoms with E-state index in [2.05, 4.69) is 19.9 Å². The maximum atomic E-state index is 5.71. The topological polar surface area (TPSA) is 59.7 Å². The minimum absolute atomic E-state index is 0.0756. The molecule has 0 fully saturated rings.